The second-order valence-corrected chi connectivity index (χ2v) is 6.60. The molecule has 1 unspecified atom stereocenters. The van der Waals surface area contributed by atoms with E-state index in [2.05, 4.69) is 18.3 Å². The number of hydrogen-bond acceptors (Lipinski definition) is 3. The summed E-state index contributed by atoms with van der Waals surface area (Å²) in [6.45, 7) is 5.95. The Hall–Kier alpha value is -1.94. The van der Waals surface area contributed by atoms with Crippen LogP contribution in [0.1, 0.15) is 18.1 Å². The van der Waals surface area contributed by atoms with Crippen LogP contribution in [0.15, 0.2) is 47.4 Å². The number of hydrogen-bond donors (Lipinski definition) is 1. The van der Waals surface area contributed by atoms with Crippen LogP contribution in [0.5, 0.6) is 5.75 Å². The fourth-order valence-electron chi connectivity index (χ4n) is 2.09. The monoisotopic (exact) mass is 315 g/mol. The van der Waals surface area contributed by atoms with E-state index >= 15 is 0 Å². The number of thioether (sulfide) groups is 1. The molecule has 2 rings (SSSR count). The molecule has 0 saturated carbocycles. The molecule has 1 amide bonds. The lowest BCUT2D eigenvalue weighted by molar-refractivity contribution is -0.115. The van der Waals surface area contributed by atoms with Crippen LogP contribution in [-0.2, 0) is 4.79 Å². The number of methoxy groups -OCH3 is 1. The van der Waals surface area contributed by atoms with E-state index in [0.717, 1.165) is 10.5 Å². The number of nitrogens with one attached hydrogen (secondary N) is 1. The van der Waals surface area contributed by atoms with Crippen molar-refractivity contribution >= 4 is 23.4 Å². The number of aryl methyl sites for hydroxylation is 2. The lowest BCUT2D eigenvalue weighted by atomic mass is 10.2. The number of carbonyl (C=O) groups excluding carboxylic acids is 1. The second-order valence-electron chi connectivity index (χ2n) is 5.22. The Labute approximate surface area is 136 Å². The van der Waals surface area contributed by atoms with Crippen molar-refractivity contribution in [1.82, 2.24) is 0 Å². The van der Waals surface area contributed by atoms with Gasteiger partial charge in [0, 0.05) is 4.90 Å². The van der Waals surface area contributed by atoms with Crippen LogP contribution < -0.4 is 10.1 Å². The summed E-state index contributed by atoms with van der Waals surface area (Å²) < 4.78 is 5.30. The molecule has 0 aliphatic rings. The van der Waals surface area contributed by atoms with Gasteiger partial charge in [0.1, 0.15) is 5.75 Å². The average Bonchev–Trinajstić information content (AvgIpc) is 2.49. The maximum Gasteiger partial charge on any atom is 0.237 e. The van der Waals surface area contributed by atoms with Gasteiger partial charge in [0.2, 0.25) is 5.91 Å². The molecule has 1 N–H and O–H groups in total. The summed E-state index contributed by atoms with van der Waals surface area (Å²) in [7, 11) is 1.60. The smallest absolute Gasteiger partial charge is 0.237 e. The molecule has 0 saturated heterocycles. The number of amides is 1. The Morgan fingerprint density at radius 3 is 2.59 bits per heavy atom. The van der Waals surface area contributed by atoms with E-state index in [4.69, 9.17) is 4.74 Å². The highest BCUT2D eigenvalue weighted by Crippen LogP contribution is 2.29. The van der Waals surface area contributed by atoms with Gasteiger partial charge in [-0.3, -0.25) is 4.79 Å². The van der Waals surface area contributed by atoms with Crippen molar-refractivity contribution in [3.8, 4) is 5.75 Å². The first kappa shape index (κ1) is 16.4. The third-order valence-corrected chi connectivity index (χ3v) is 4.66. The normalized spacial score (nSPS) is 11.8. The maximum absolute atomic E-state index is 12.4. The van der Waals surface area contributed by atoms with Gasteiger partial charge in [0.05, 0.1) is 18.0 Å². The Morgan fingerprint density at radius 1 is 1.18 bits per heavy atom. The van der Waals surface area contributed by atoms with Crippen molar-refractivity contribution in [3.05, 3.63) is 53.6 Å². The van der Waals surface area contributed by atoms with Crippen molar-refractivity contribution < 1.29 is 9.53 Å². The summed E-state index contributed by atoms with van der Waals surface area (Å²) in [6.07, 6.45) is 0. The molecule has 0 spiro atoms. The topological polar surface area (TPSA) is 38.3 Å². The quantitative estimate of drug-likeness (QED) is 0.829. The summed E-state index contributed by atoms with van der Waals surface area (Å²) in [6, 6.07) is 13.8. The molecule has 3 nitrogen and oxygen atoms in total. The molecule has 0 radical (unpaired) electrons. The molecular weight excluding hydrogens is 294 g/mol. The van der Waals surface area contributed by atoms with E-state index in [1.807, 2.05) is 50.2 Å². The highest BCUT2D eigenvalue weighted by atomic mass is 32.2. The molecule has 0 bridgehead atoms. The fraction of sp³-hybridized carbons (Fsp3) is 0.278. The summed E-state index contributed by atoms with van der Waals surface area (Å²) in [4.78, 5) is 13.5. The van der Waals surface area contributed by atoms with E-state index < -0.39 is 0 Å². The number of rotatable bonds is 5. The van der Waals surface area contributed by atoms with Crippen LogP contribution >= 0.6 is 11.8 Å². The number of anilines is 1. The zero-order valence-electron chi connectivity index (χ0n) is 13.3. The highest BCUT2D eigenvalue weighted by molar-refractivity contribution is 8.00. The largest absolute Gasteiger partial charge is 0.495 e. The van der Waals surface area contributed by atoms with E-state index in [1.54, 1.807) is 18.9 Å². The van der Waals surface area contributed by atoms with Gasteiger partial charge in [-0.1, -0.05) is 24.3 Å². The number of ether oxygens (including phenoxy) is 1. The highest BCUT2D eigenvalue weighted by Gasteiger charge is 2.17. The summed E-state index contributed by atoms with van der Waals surface area (Å²) in [5, 5.41) is 2.77. The maximum atomic E-state index is 12.4. The predicted octanol–water partition coefficient (Wildman–Crippen LogP) is 4.43. The zero-order chi connectivity index (χ0) is 16.1. The molecule has 4 heteroatoms. The minimum atomic E-state index is -0.189. The van der Waals surface area contributed by atoms with Crippen molar-refractivity contribution in [2.75, 3.05) is 12.4 Å². The average molecular weight is 315 g/mol. The van der Waals surface area contributed by atoms with Gasteiger partial charge >= 0.3 is 0 Å². The second kappa shape index (κ2) is 7.36. The zero-order valence-corrected chi connectivity index (χ0v) is 14.2. The van der Waals surface area contributed by atoms with Gasteiger partial charge in [0.15, 0.2) is 0 Å². The third kappa shape index (κ3) is 4.04. The first-order valence-electron chi connectivity index (χ1n) is 7.19. The van der Waals surface area contributed by atoms with Gasteiger partial charge in [-0.05, 0) is 50.1 Å². The van der Waals surface area contributed by atoms with E-state index in [0.29, 0.717) is 11.4 Å². The molecule has 0 heterocycles. The Kier molecular flexibility index (Phi) is 5.50. The van der Waals surface area contributed by atoms with Gasteiger partial charge in [0.25, 0.3) is 0 Å². The van der Waals surface area contributed by atoms with Crippen molar-refractivity contribution in [1.29, 1.82) is 0 Å². The van der Waals surface area contributed by atoms with Gasteiger partial charge in [-0.2, -0.15) is 0 Å². The first-order valence-corrected chi connectivity index (χ1v) is 8.07. The molecule has 1 atom stereocenters. The molecule has 0 fully saturated rings. The molecule has 22 heavy (non-hydrogen) atoms. The lowest BCUT2D eigenvalue weighted by Crippen LogP contribution is -2.22. The lowest BCUT2D eigenvalue weighted by Gasteiger charge is -2.15. The molecule has 2 aromatic rings. The van der Waals surface area contributed by atoms with Gasteiger partial charge in [-0.25, -0.2) is 0 Å². The Bertz CT molecular complexity index is 670. The SMILES string of the molecule is COc1ccc(C)cc1NC(=O)C(C)Sc1ccccc1C. The van der Waals surface area contributed by atoms with Crippen LogP contribution in [0.2, 0.25) is 0 Å². The Balaban J connectivity index is 2.09. The van der Waals surface area contributed by atoms with Crippen LogP contribution in [0.3, 0.4) is 0 Å². The molecule has 0 aromatic heterocycles. The first-order chi connectivity index (χ1) is 10.5. The van der Waals surface area contributed by atoms with Crippen molar-refractivity contribution in [2.24, 2.45) is 0 Å². The summed E-state index contributed by atoms with van der Waals surface area (Å²) in [5.41, 5.74) is 2.97. The van der Waals surface area contributed by atoms with E-state index in [9.17, 15) is 4.79 Å². The molecule has 0 aliphatic heterocycles. The number of benzene rings is 2. The van der Waals surface area contributed by atoms with E-state index in [1.165, 1.54) is 5.56 Å². The van der Waals surface area contributed by atoms with E-state index in [-0.39, 0.29) is 11.2 Å². The van der Waals surface area contributed by atoms with Crippen molar-refractivity contribution in [2.45, 2.75) is 30.9 Å². The van der Waals surface area contributed by atoms with Crippen molar-refractivity contribution in [3.63, 3.8) is 0 Å². The van der Waals surface area contributed by atoms with Crippen LogP contribution in [0, 0.1) is 13.8 Å². The summed E-state index contributed by atoms with van der Waals surface area (Å²) >= 11 is 1.56. The standard InChI is InChI=1S/C18H21NO2S/c1-12-9-10-16(21-4)15(11-12)19-18(20)14(3)22-17-8-6-5-7-13(17)2/h5-11,14H,1-4H3,(H,19,20). The van der Waals surface area contributed by atoms with Crippen LogP contribution in [-0.4, -0.2) is 18.3 Å². The van der Waals surface area contributed by atoms with Gasteiger partial charge in [-0.15, -0.1) is 11.8 Å². The summed E-state index contributed by atoms with van der Waals surface area (Å²) in [5.74, 6) is 0.643. The minimum absolute atomic E-state index is 0.0304. The minimum Gasteiger partial charge on any atom is -0.495 e. The molecule has 116 valence electrons. The molecule has 2 aromatic carbocycles. The van der Waals surface area contributed by atoms with Gasteiger partial charge < -0.3 is 10.1 Å². The predicted molar refractivity (Wildman–Crippen MR) is 92.9 cm³/mol. The van der Waals surface area contributed by atoms with Crippen LogP contribution in [0.4, 0.5) is 5.69 Å². The molecule has 0 aliphatic carbocycles. The van der Waals surface area contributed by atoms with Crippen LogP contribution in [0.25, 0.3) is 0 Å². The molecular formula is C18H21NO2S. The third-order valence-electron chi connectivity index (χ3n) is 3.38. The Morgan fingerprint density at radius 2 is 1.91 bits per heavy atom. The number of carbonyl (C=O) groups is 1. The fourth-order valence-corrected chi connectivity index (χ4v) is 3.04.